The SMILES string of the molecule is CNC(N)(CN)C(N)(N)N. The lowest BCUT2D eigenvalue weighted by Gasteiger charge is -2.38. The van der Waals surface area contributed by atoms with Crippen LogP contribution in [-0.2, 0) is 0 Å². The lowest BCUT2D eigenvalue weighted by Crippen LogP contribution is -2.83. The van der Waals surface area contributed by atoms with Gasteiger partial charge in [0.25, 0.3) is 0 Å². The Kier molecular flexibility index (Phi) is 2.72. The van der Waals surface area contributed by atoms with E-state index in [-0.39, 0.29) is 6.54 Å². The summed E-state index contributed by atoms with van der Waals surface area (Å²) in [6.45, 7) is 0.0764. The third kappa shape index (κ3) is 1.63. The van der Waals surface area contributed by atoms with Crippen molar-refractivity contribution in [3.05, 3.63) is 0 Å². The third-order valence-electron chi connectivity index (χ3n) is 1.54. The summed E-state index contributed by atoms with van der Waals surface area (Å²) < 4.78 is 0. The van der Waals surface area contributed by atoms with E-state index < -0.39 is 11.4 Å². The lowest BCUT2D eigenvalue weighted by atomic mass is 10.1. The topological polar surface area (TPSA) is 142 Å². The van der Waals surface area contributed by atoms with Crippen LogP contribution < -0.4 is 34.0 Å². The Bertz CT molecular complexity index is 101. The minimum atomic E-state index is -1.50. The summed E-state index contributed by atoms with van der Waals surface area (Å²) in [5, 5.41) is 2.65. The molecule has 11 N–H and O–H groups in total. The minimum Gasteiger partial charge on any atom is -0.327 e. The van der Waals surface area contributed by atoms with Crippen molar-refractivity contribution in [1.82, 2.24) is 5.32 Å². The Labute approximate surface area is 60.1 Å². The maximum atomic E-state index is 5.56. The molecule has 0 amide bonds. The van der Waals surface area contributed by atoms with Crippen LogP contribution in [-0.4, -0.2) is 25.0 Å². The first-order chi connectivity index (χ1) is 4.37. The zero-order chi connectivity index (χ0) is 8.41. The number of likely N-dealkylation sites (N-methyl/N-ethyl adjacent to an activating group) is 1. The summed E-state index contributed by atoms with van der Waals surface area (Å²) in [5.41, 5.74) is 25.7. The summed E-state index contributed by atoms with van der Waals surface area (Å²) in [6.07, 6.45) is 0. The molecule has 0 rings (SSSR count). The van der Waals surface area contributed by atoms with Crippen molar-refractivity contribution in [1.29, 1.82) is 0 Å². The van der Waals surface area contributed by atoms with Crippen molar-refractivity contribution in [2.75, 3.05) is 13.6 Å². The van der Waals surface area contributed by atoms with E-state index in [1.165, 1.54) is 0 Å². The van der Waals surface area contributed by atoms with Gasteiger partial charge in [0.05, 0.1) is 0 Å². The van der Waals surface area contributed by atoms with Gasteiger partial charge in [-0.3, -0.25) is 22.5 Å². The Morgan fingerprint density at radius 1 is 1.20 bits per heavy atom. The van der Waals surface area contributed by atoms with Gasteiger partial charge in [-0.1, -0.05) is 0 Å². The van der Waals surface area contributed by atoms with E-state index in [1.54, 1.807) is 7.05 Å². The van der Waals surface area contributed by atoms with Crippen LogP contribution in [0.5, 0.6) is 0 Å². The minimum absolute atomic E-state index is 0.0764. The second-order valence-electron chi connectivity index (χ2n) is 2.36. The Morgan fingerprint density at radius 2 is 1.60 bits per heavy atom. The van der Waals surface area contributed by atoms with Gasteiger partial charge in [0.15, 0.2) is 0 Å². The van der Waals surface area contributed by atoms with Crippen LogP contribution in [0, 0.1) is 0 Å². The summed E-state index contributed by atoms with van der Waals surface area (Å²) >= 11 is 0. The van der Waals surface area contributed by atoms with Crippen molar-refractivity contribution in [2.45, 2.75) is 11.4 Å². The zero-order valence-electron chi connectivity index (χ0n) is 6.09. The van der Waals surface area contributed by atoms with E-state index >= 15 is 0 Å². The van der Waals surface area contributed by atoms with E-state index in [1.807, 2.05) is 0 Å². The molecule has 0 heterocycles. The van der Waals surface area contributed by atoms with Crippen molar-refractivity contribution in [2.24, 2.45) is 28.7 Å². The second kappa shape index (κ2) is 2.79. The fraction of sp³-hybridized carbons (Fsp3) is 1.00. The molecule has 0 spiro atoms. The molecule has 0 fully saturated rings. The normalized spacial score (nSPS) is 18.6. The van der Waals surface area contributed by atoms with Gasteiger partial charge in [-0.05, 0) is 7.05 Å². The molecule has 0 aromatic carbocycles. The molecule has 0 aliphatic rings. The molecule has 0 radical (unpaired) electrons. The van der Waals surface area contributed by atoms with Crippen LogP contribution in [0.2, 0.25) is 0 Å². The average Bonchev–Trinajstić information content (AvgIpc) is 1.84. The van der Waals surface area contributed by atoms with E-state index in [0.29, 0.717) is 0 Å². The van der Waals surface area contributed by atoms with Crippen molar-refractivity contribution >= 4 is 0 Å². The maximum absolute atomic E-state index is 5.56. The highest BCUT2D eigenvalue weighted by atomic mass is 15.3. The van der Waals surface area contributed by atoms with Gasteiger partial charge in [-0.2, -0.15) is 0 Å². The van der Waals surface area contributed by atoms with Crippen LogP contribution in [0.3, 0.4) is 0 Å². The smallest absolute Gasteiger partial charge is 0.149 e. The monoisotopic (exact) mass is 148 g/mol. The number of rotatable bonds is 3. The largest absolute Gasteiger partial charge is 0.327 e. The molecule has 1 atom stereocenters. The van der Waals surface area contributed by atoms with Crippen LogP contribution >= 0.6 is 0 Å². The quantitative estimate of drug-likeness (QED) is 0.228. The Balaban J connectivity index is 4.33. The molecule has 0 aromatic rings. The van der Waals surface area contributed by atoms with Crippen molar-refractivity contribution in [3.8, 4) is 0 Å². The number of nitrogens with two attached hydrogens (primary N) is 5. The highest BCUT2D eigenvalue weighted by Gasteiger charge is 2.37. The Morgan fingerprint density at radius 3 is 1.60 bits per heavy atom. The van der Waals surface area contributed by atoms with Crippen molar-refractivity contribution in [3.63, 3.8) is 0 Å². The van der Waals surface area contributed by atoms with E-state index in [2.05, 4.69) is 5.32 Å². The zero-order valence-corrected chi connectivity index (χ0v) is 6.09. The standard InChI is InChI=1S/C4H16N6/c1-10-3(6,2-5)4(7,8)9/h10H,2,5-9H2,1H3. The average molecular weight is 148 g/mol. The summed E-state index contributed by atoms with van der Waals surface area (Å²) in [6, 6.07) is 0. The fourth-order valence-corrected chi connectivity index (χ4v) is 0.495. The van der Waals surface area contributed by atoms with E-state index in [0.717, 1.165) is 0 Å². The fourth-order valence-electron chi connectivity index (χ4n) is 0.495. The highest BCUT2D eigenvalue weighted by Crippen LogP contribution is 1.98. The van der Waals surface area contributed by atoms with Crippen LogP contribution in [0.15, 0.2) is 0 Å². The molecule has 0 bridgehead atoms. The molecule has 0 saturated heterocycles. The summed E-state index contributed by atoms with van der Waals surface area (Å²) in [4.78, 5) is 0. The first-order valence-corrected chi connectivity index (χ1v) is 2.92. The predicted molar refractivity (Wildman–Crippen MR) is 40.3 cm³/mol. The molecule has 0 aliphatic heterocycles. The molecule has 0 saturated carbocycles. The predicted octanol–water partition coefficient (Wildman–Crippen LogP) is -3.65. The van der Waals surface area contributed by atoms with Crippen LogP contribution in [0.1, 0.15) is 0 Å². The lowest BCUT2D eigenvalue weighted by molar-refractivity contribution is 0.202. The number of hydrogen-bond donors (Lipinski definition) is 6. The number of hydrogen-bond acceptors (Lipinski definition) is 6. The molecule has 6 nitrogen and oxygen atoms in total. The molecule has 6 heteroatoms. The third-order valence-corrected chi connectivity index (χ3v) is 1.54. The molecule has 0 aliphatic carbocycles. The molecule has 0 aromatic heterocycles. The maximum Gasteiger partial charge on any atom is 0.149 e. The second-order valence-corrected chi connectivity index (χ2v) is 2.36. The van der Waals surface area contributed by atoms with Gasteiger partial charge in [0.1, 0.15) is 11.4 Å². The summed E-state index contributed by atoms with van der Waals surface area (Å²) in [5.74, 6) is -1.50. The van der Waals surface area contributed by atoms with Crippen molar-refractivity contribution < 1.29 is 0 Å². The van der Waals surface area contributed by atoms with Gasteiger partial charge in [0, 0.05) is 6.54 Å². The Hall–Kier alpha value is -0.240. The first-order valence-electron chi connectivity index (χ1n) is 2.92. The van der Waals surface area contributed by atoms with Gasteiger partial charge in [-0.15, -0.1) is 0 Å². The van der Waals surface area contributed by atoms with Crippen LogP contribution in [0.4, 0.5) is 0 Å². The molecule has 1 unspecified atom stereocenters. The van der Waals surface area contributed by atoms with Gasteiger partial charge >= 0.3 is 0 Å². The molecular formula is C4H16N6. The van der Waals surface area contributed by atoms with Crippen LogP contribution in [0.25, 0.3) is 0 Å². The molecule has 62 valence electrons. The number of nitrogens with one attached hydrogen (secondary N) is 1. The highest BCUT2D eigenvalue weighted by molar-refractivity contribution is 4.97. The molecular weight excluding hydrogens is 132 g/mol. The van der Waals surface area contributed by atoms with Gasteiger partial charge < -0.3 is 11.5 Å². The summed E-state index contributed by atoms with van der Waals surface area (Å²) in [7, 11) is 1.59. The van der Waals surface area contributed by atoms with E-state index in [4.69, 9.17) is 28.7 Å². The van der Waals surface area contributed by atoms with E-state index in [9.17, 15) is 0 Å². The van der Waals surface area contributed by atoms with Gasteiger partial charge in [-0.25, -0.2) is 0 Å². The first kappa shape index (κ1) is 9.76. The van der Waals surface area contributed by atoms with Gasteiger partial charge in [0.2, 0.25) is 0 Å². The molecule has 10 heavy (non-hydrogen) atoms.